The van der Waals surface area contributed by atoms with E-state index in [1.807, 2.05) is 49.3 Å². The number of amides is 2. The molecule has 1 rings (SSSR count). The Morgan fingerprint density at radius 3 is 2.35 bits per heavy atom. The molecular weight excluding hydrogens is 330 g/mol. The van der Waals surface area contributed by atoms with Gasteiger partial charge in [-0.15, -0.1) is 0 Å². The minimum atomic E-state index is -0.372. The Morgan fingerprint density at radius 1 is 0.923 bits per heavy atom. The molecule has 2 amide bonds. The zero-order valence-corrected chi connectivity index (χ0v) is 16.1. The molecule has 146 valence electrons. The third kappa shape index (κ3) is 12.3. The van der Waals surface area contributed by atoms with E-state index in [0.717, 1.165) is 44.2 Å². The van der Waals surface area contributed by atoms with Crippen LogP contribution in [0.15, 0.2) is 30.3 Å². The lowest BCUT2D eigenvalue weighted by molar-refractivity contribution is -0.121. The highest BCUT2D eigenvalue weighted by molar-refractivity contribution is 5.75. The van der Waals surface area contributed by atoms with Gasteiger partial charge < -0.3 is 20.3 Å². The molecule has 6 heteroatoms. The summed E-state index contributed by atoms with van der Waals surface area (Å²) in [6.07, 6.45) is 5.23. The van der Waals surface area contributed by atoms with Crippen LogP contribution in [-0.4, -0.2) is 50.6 Å². The maximum absolute atomic E-state index is 11.6. The molecule has 0 radical (unpaired) electrons. The van der Waals surface area contributed by atoms with Crippen molar-refractivity contribution in [3.05, 3.63) is 35.9 Å². The van der Waals surface area contributed by atoms with Gasteiger partial charge in [0.1, 0.15) is 6.61 Å². The molecule has 0 atom stereocenters. The van der Waals surface area contributed by atoms with Crippen molar-refractivity contribution in [1.82, 2.24) is 15.5 Å². The van der Waals surface area contributed by atoms with Gasteiger partial charge in [0, 0.05) is 26.1 Å². The van der Waals surface area contributed by atoms with Crippen molar-refractivity contribution in [3.8, 4) is 0 Å². The fourth-order valence-electron chi connectivity index (χ4n) is 2.41. The second kappa shape index (κ2) is 14.1. The summed E-state index contributed by atoms with van der Waals surface area (Å²) >= 11 is 0. The largest absolute Gasteiger partial charge is 0.445 e. The summed E-state index contributed by atoms with van der Waals surface area (Å²) < 4.78 is 5.15. The van der Waals surface area contributed by atoms with Crippen molar-refractivity contribution in [1.29, 1.82) is 0 Å². The SMILES string of the molecule is CN(C)CCNC(=O)CCCCCCCNC(=O)OCc1ccccc1. The van der Waals surface area contributed by atoms with Crippen LogP contribution in [-0.2, 0) is 16.1 Å². The van der Waals surface area contributed by atoms with E-state index in [-0.39, 0.29) is 12.0 Å². The molecule has 0 heterocycles. The van der Waals surface area contributed by atoms with Gasteiger partial charge in [-0.3, -0.25) is 4.79 Å². The second-order valence-corrected chi connectivity index (χ2v) is 6.66. The number of rotatable bonds is 13. The monoisotopic (exact) mass is 363 g/mol. The first kappa shape index (κ1) is 22.0. The fraction of sp³-hybridized carbons (Fsp3) is 0.600. The number of ether oxygens (including phenoxy) is 1. The topological polar surface area (TPSA) is 70.7 Å². The number of carbonyl (C=O) groups excluding carboxylic acids is 2. The summed E-state index contributed by atoms with van der Waals surface area (Å²) in [6, 6.07) is 9.63. The smallest absolute Gasteiger partial charge is 0.407 e. The summed E-state index contributed by atoms with van der Waals surface area (Å²) in [5.41, 5.74) is 0.980. The number of unbranched alkanes of at least 4 members (excludes halogenated alkanes) is 4. The minimum absolute atomic E-state index is 0.134. The van der Waals surface area contributed by atoms with Crippen molar-refractivity contribution in [2.24, 2.45) is 0 Å². The predicted molar refractivity (Wildman–Crippen MR) is 104 cm³/mol. The Balaban J connectivity index is 1.88. The van der Waals surface area contributed by atoms with Gasteiger partial charge in [0.25, 0.3) is 0 Å². The van der Waals surface area contributed by atoms with Crippen LogP contribution in [0.2, 0.25) is 0 Å². The van der Waals surface area contributed by atoms with E-state index >= 15 is 0 Å². The first-order valence-corrected chi connectivity index (χ1v) is 9.44. The molecule has 0 aliphatic carbocycles. The van der Waals surface area contributed by atoms with E-state index < -0.39 is 0 Å². The molecule has 2 N–H and O–H groups in total. The Kier molecular flexibility index (Phi) is 11.9. The zero-order valence-electron chi connectivity index (χ0n) is 16.1. The molecule has 0 spiro atoms. The van der Waals surface area contributed by atoms with E-state index in [0.29, 0.717) is 26.1 Å². The molecule has 6 nitrogen and oxygen atoms in total. The van der Waals surface area contributed by atoms with E-state index in [9.17, 15) is 9.59 Å². The number of nitrogens with one attached hydrogen (secondary N) is 2. The van der Waals surface area contributed by atoms with Crippen LogP contribution in [0, 0.1) is 0 Å². The number of nitrogens with zero attached hydrogens (tertiary/aromatic N) is 1. The van der Waals surface area contributed by atoms with E-state index in [1.165, 1.54) is 0 Å². The summed E-state index contributed by atoms with van der Waals surface area (Å²) in [5, 5.41) is 5.68. The summed E-state index contributed by atoms with van der Waals surface area (Å²) in [5.74, 6) is 0.134. The first-order chi connectivity index (χ1) is 12.6. The van der Waals surface area contributed by atoms with Crippen LogP contribution in [0.25, 0.3) is 0 Å². The van der Waals surface area contributed by atoms with E-state index in [1.54, 1.807) is 0 Å². The fourth-order valence-corrected chi connectivity index (χ4v) is 2.41. The van der Waals surface area contributed by atoms with Gasteiger partial charge >= 0.3 is 6.09 Å². The molecule has 1 aromatic rings. The van der Waals surface area contributed by atoms with Crippen LogP contribution in [0.5, 0.6) is 0 Å². The van der Waals surface area contributed by atoms with E-state index in [2.05, 4.69) is 10.6 Å². The van der Waals surface area contributed by atoms with Gasteiger partial charge in [0.2, 0.25) is 5.91 Å². The van der Waals surface area contributed by atoms with Crippen molar-refractivity contribution in [2.75, 3.05) is 33.7 Å². The Morgan fingerprint density at radius 2 is 1.62 bits per heavy atom. The second-order valence-electron chi connectivity index (χ2n) is 6.66. The van der Waals surface area contributed by atoms with E-state index in [4.69, 9.17) is 4.74 Å². The number of hydrogen-bond acceptors (Lipinski definition) is 4. The standard InChI is InChI=1S/C20H33N3O3/c1-23(2)16-15-21-19(24)13-9-4-3-5-10-14-22-20(25)26-17-18-11-7-6-8-12-18/h6-8,11-12H,3-5,9-10,13-17H2,1-2H3,(H,21,24)(H,22,25). The maximum atomic E-state index is 11.6. The van der Waals surface area contributed by atoms with Crippen molar-refractivity contribution >= 4 is 12.0 Å². The van der Waals surface area contributed by atoms with Crippen LogP contribution in [0.4, 0.5) is 4.79 Å². The van der Waals surface area contributed by atoms with Gasteiger partial charge in [-0.2, -0.15) is 0 Å². The normalized spacial score (nSPS) is 10.6. The van der Waals surface area contributed by atoms with Crippen molar-refractivity contribution < 1.29 is 14.3 Å². The summed E-state index contributed by atoms with van der Waals surface area (Å²) in [7, 11) is 3.98. The van der Waals surface area contributed by atoms with Crippen LogP contribution >= 0.6 is 0 Å². The highest BCUT2D eigenvalue weighted by Gasteiger charge is 2.03. The number of carbonyl (C=O) groups is 2. The molecule has 0 bridgehead atoms. The molecular formula is C20H33N3O3. The minimum Gasteiger partial charge on any atom is -0.445 e. The van der Waals surface area contributed by atoms with Gasteiger partial charge in [-0.05, 0) is 32.5 Å². The number of alkyl carbamates (subject to hydrolysis) is 1. The Bertz CT molecular complexity index is 506. The molecule has 0 aromatic heterocycles. The first-order valence-electron chi connectivity index (χ1n) is 9.44. The molecule has 0 aliphatic heterocycles. The number of hydrogen-bond donors (Lipinski definition) is 2. The third-order valence-corrected chi connectivity index (χ3v) is 3.94. The molecule has 0 fully saturated rings. The molecule has 0 unspecified atom stereocenters. The Labute approximate surface area is 157 Å². The molecule has 0 saturated heterocycles. The average molecular weight is 364 g/mol. The van der Waals surface area contributed by atoms with Gasteiger partial charge in [0.05, 0.1) is 0 Å². The lowest BCUT2D eigenvalue weighted by Crippen LogP contribution is -2.31. The molecule has 0 aliphatic rings. The number of benzene rings is 1. The van der Waals surface area contributed by atoms with Crippen LogP contribution in [0.1, 0.15) is 44.1 Å². The van der Waals surface area contributed by atoms with Gasteiger partial charge in [-0.1, -0.05) is 49.6 Å². The Hall–Kier alpha value is -2.08. The average Bonchev–Trinajstić information content (AvgIpc) is 2.62. The molecule has 26 heavy (non-hydrogen) atoms. The summed E-state index contributed by atoms with van der Waals surface area (Å²) in [4.78, 5) is 25.2. The summed E-state index contributed by atoms with van der Waals surface area (Å²) in [6.45, 7) is 2.49. The maximum Gasteiger partial charge on any atom is 0.407 e. The lowest BCUT2D eigenvalue weighted by atomic mass is 10.1. The lowest BCUT2D eigenvalue weighted by Gasteiger charge is -2.10. The van der Waals surface area contributed by atoms with Gasteiger partial charge in [-0.25, -0.2) is 4.79 Å². The third-order valence-electron chi connectivity index (χ3n) is 3.94. The van der Waals surface area contributed by atoms with Crippen LogP contribution < -0.4 is 10.6 Å². The quantitative estimate of drug-likeness (QED) is 0.529. The zero-order chi connectivity index (χ0) is 19.0. The predicted octanol–water partition coefficient (Wildman–Crippen LogP) is 2.93. The highest BCUT2D eigenvalue weighted by Crippen LogP contribution is 2.05. The van der Waals surface area contributed by atoms with Gasteiger partial charge in [0.15, 0.2) is 0 Å². The molecule has 1 aromatic carbocycles. The number of likely N-dealkylation sites (N-methyl/N-ethyl adjacent to an activating group) is 1. The highest BCUT2D eigenvalue weighted by atomic mass is 16.5. The van der Waals surface area contributed by atoms with Crippen LogP contribution in [0.3, 0.4) is 0 Å². The molecule has 0 saturated carbocycles. The van der Waals surface area contributed by atoms with Crippen molar-refractivity contribution in [2.45, 2.75) is 45.1 Å². The van der Waals surface area contributed by atoms with Crippen molar-refractivity contribution in [3.63, 3.8) is 0 Å².